The zero-order valence-electron chi connectivity index (χ0n) is 34.0. The average Bonchev–Trinajstić information content (AvgIpc) is 3.22. The fraction of sp³-hybridized carbons (Fsp3) is 0.974. The summed E-state index contributed by atoms with van der Waals surface area (Å²) in [7, 11) is 0. The topological polar surface area (TPSA) is 307 Å². The quantitative estimate of drug-likeness (QED) is 0.0406. The maximum absolute atomic E-state index is 12.7. The molecule has 17 unspecified atom stereocenters. The summed E-state index contributed by atoms with van der Waals surface area (Å²) in [6, 6.07) is -0.872. The van der Waals surface area contributed by atoms with Crippen molar-refractivity contribution in [1.29, 1.82) is 0 Å². The van der Waals surface area contributed by atoms with Gasteiger partial charge in [0.25, 0.3) is 0 Å². The number of aliphatic hydroxyl groups excluding tert-OH is 11. The van der Waals surface area contributed by atoms with E-state index in [9.17, 15) is 61.0 Å². The van der Waals surface area contributed by atoms with Gasteiger partial charge in [0, 0.05) is 6.42 Å². The second kappa shape index (κ2) is 27.0. The molecule has 1 amide bonds. The molecule has 0 aromatic carbocycles. The fourth-order valence-electron chi connectivity index (χ4n) is 7.46. The number of hydrogen-bond donors (Lipinski definition) is 12. The lowest BCUT2D eigenvalue weighted by atomic mass is 9.96. The Labute approximate surface area is 341 Å². The van der Waals surface area contributed by atoms with Crippen LogP contribution in [0.4, 0.5) is 0 Å². The van der Waals surface area contributed by atoms with Crippen molar-refractivity contribution in [3.8, 4) is 0 Å². The number of amides is 1. The molecule has 58 heavy (non-hydrogen) atoms. The van der Waals surface area contributed by atoms with Crippen LogP contribution in [0.15, 0.2) is 0 Å². The third-order valence-electron chi connectivity index (χ3n) is 11.2. The molecule has 3 rings (SSSR count). The van der Waals surface area contributed by atoms with Crippen LogP contribution < -0.4 is 5.32 Å². The van der Waals surface area contributed by atoms with Gasteiger partial charge in [0.2, 0.25) is 5.91 Å². The van der Waals surface area contributed by atoms with Crippen molar-refractivity contribution in [1.82, 2.24) is 5.32 Å². The number of carbonyl (C=O) groups is 1. The van der Waals surface area contributed by atoms with Gasteiger partial charge in [-0.05, 0) is 12.8 Å². The molecule has 3 fully saturated rings. The molecule has 0 aliphatic carbocycles. The summed E-state index contributed by atoms with van der Waals surface area (Å²) < 4.78 is 33.8. The van der Waals surface area contributed by atoms with E-state index in [4.69, 9.17) is 28.4 Å². The highest BCUT2D eigenvalue weighted by Crippen LogP contribution is 2.33. The number of ether oxygens (including phenoxy) is 6. The number of rotatable bonds is 27. The van der Waals surface area contributed by atoms with Crippen molar-refractivity contribution < 1.29 is 89.4 Å². The summed E-state index contributed by atoms with van der Waals surface area (Å²) in [4.78, 5) is 12.7. The Morgan fingerprint density at radius 3 is 1.48 bits per heavy atom. The van der Waals surface area contributed by atoms with Crippen molar-refractivity contribution in [2.24, 2.45) is 0 Å². The van der Waals surface area contributed by atoms with Crippen LogP contribution in [0, 0.1) is 0 Å². The third-order valence-corrected chi connectivity index (χ3v) is 11.2. The van der Waals surface area contributed by atoms with Crippen molar-refractivity contribution in [2.45, 2.75) is 214 Å². The van der Waals surface area contributed by atoms with E-state index in [1.165, 1.54) is 44.9 Å². The Hall–Kier alpha value is -1.21. The molecule has 342 valence electrons. The molecule has 17 atom stereocenters. The van der Waals surface area contributed by atoms with Crippen LogP contribution in [0.25, 0.3) is 0 Å². The first kappa shape index (κ1) is 51.1. The van der Waals surface area contributed by atoms with E-state index < -0.39 is 124 Å². The maximum Gasteiger partial charge on any atom is 0.220 e. The monoisotopic (exact) mass is 843 g/mol. The Morgan fingerprint density at radius 2 is 0.983 bits per heavy atom. The molecule has 3 aliphatic heterocycles. The molecular weight excluding hydrogens is 770 g/mol. The summed E-state index contributed by atoms with van der Waals surface area (Å²) >= 11 is 0. The normalized spacial score (nSPS) is 36.7. The molecule has 0 aromatic heterocycles. The molecular formula is C39H73NO18. The van der Waals surface area contributed by atoms with Gasteiger partial charge in [-0.25, -0.2) is 0 Å². The van der Waals surface area contributed by atoms with Crippen LogP contribution in [0.3, 0.4) is 0 Å². The smallest absolute Gasteiger partial charge is 0.220 e. The van der Waals surface area contributed by atoms with Crippen molar-refractivity contribution in [3.05, 3.63) is 0 Å². The van der Waals surface area contributed by atoms with Gasteiger partial charge >= 0.3 is 0 Å². The summed E-state index contributed by atoms with van der Waals surface area (Å²) in [5, 5.41) is 118. The van der Waals surface area contributed by atoms with Crippen LogP contribution in [0.2, 0.25) is 0 Å². The predicted octanol–water partition coefficient (Wildman–Crippen LogP) is -1.81. The average molecular weight is 844 g/mol. The fourth-order valence-corrected chi connectivity index (χ4v) is 7.46. The molecule has 0 bridgehead atoms. The molecule has 19 heteroatoms. The third kappa shape index (κ3) is 15.0. The minimum atomic E-state index is -1.96. The standard InChI is InChI=1S/C39H73NO18/c1-3-5-7-8-9-10-11-12-13-14-15-16-23(44)22(40-27(45)17-6-4-2)21-53-37-33(51)30(48)35(25(19-42)55-37)58-39-34(52)31(49)36(26(20-43)56-39)57-38-32(50)29(47)28(46)24(18-41)54-38/h22-26,28-39,41-44,46-52H,3-21H2,1-2H3,(H,40,45). The first-order valence-electron chi connectivity index (χ1n) is 21.3. The van der Waals surface area contributed by atoms with Gasteiger partial charge in [0.05, 0.1) is 38.6 Å². The Morgan fingerprint density at radius 1 is 0.552 bits per heavy atom. The number of carbonyl (C=O) groups excluding carboxylic acids is 1. The summed E-state index contributed by atoms with van der Waals surface area (Å²) in [6.45, 7) is 1.45. The number of hydrogen-bond acceptors (Lipinski definition) is 18. The highest BCUT2D eigenvalue weighted by molar-refractivity contribution is 5.76. The van der Waals surface area contributed by atoms with Crippen LogP contribution in [-0.4, -0.2) is 193 Å². The number of aliphatic hydroxyl groups is 11. The predicted molar refractivity (Wildman–Crippen MR) is 204 cm³/mol. The molecule has 3 aliphatic rings. The first-order valence-corrected chi connectivity index (χ1v) is 21.3. The minimum Gasteiger partial charge on any atom is -0.394 e. The van der Waals surface area contributed by atoms with E-state index in [0.717, 1.165) is 32.1 Å². The van der Waals surface area contributed by atoms with Gasteiger partial charge in [-0.1, -0.05) is 90.9 Å². The molecule has 12 N–H and O–H groups in total. The van der Waals surface area contributed by atoms with Gasteiger partial charge in [-0.2, -0.15) is 0 Å². The number of unbranched alkanes of at least 4 members (excludes halogenated alkanes) is 11. The Kier molecular flexibility index (Phi) is 23.8. The van der Waals surface area contributed by atoms with Crippen molar-refractivity contribution in [3.63, 3.8) is 0 Å². The largest absolute Gasteiger partial charge is 0.394 e. The van der Waals surface area contributed by atoms with E-state index in [-0.39, 0.29) is 18.9 Å². The summed E-state index contributed by atoms with van der Waals surface area (Å²) in [6.07, 6.45) is -11.8. The van der Waals surface area contributed by atoms with Crippen LogP contribution >= 0.6 is 0 Å². The van der Waals surface area contributed by atoms with Crippen LogP contribution in [0.5, 0.6) is 0 Å². The molecule has 19 nitrogen and oxygen atoms in total. The zero-order valence-corrected chi connectivity index (χ0v) is 34.0. The van der Waals surface area contributed by atoms with E-state index >= 15 is 0 Å². The van der Waals surface area contributed by atoms with Gasteiger partial charge in [0.1, 0.15) is 73.2 Å². The van der Waals surface area contributed by atoms with Crippen molar-refractivity contribution >= 4 is 5.91 Å². The first-order chi connectivity index (χ1) is 27.8. The SMILES string of the molecule is CCCCCCCCCCCCCC(O)C(COC1OC(CO)C(OC2OC(CO)C(OC3OC(CO)C(O)C(O)C3O)C(O)C2O)C(O)C1O)NC(=O)CCCC. The van der Waals surface area contributed by atoms with Crippen LogP contribution in [-0.2, 0) is 33.2 Å². The minimum absolute atomic E-state index is 0.243. The molecule has 3 saturated heterocycles. The summed E-state index contributed by atoms with van der Waals surface area (Å²) in [5.74, 6) is -0.282. The van der Waals surface area contributed by atoms with E-state index in [1.807, 2.05) is 6.92 Å². The maximum atomic E-state index is 12.7. The molecule has 0 radical (unpaired) electrons. The molecule has 3 heterocycles. The Balaban J connectivity index is 1.57. The second-order valence-corrected chi connectivity index (χ2v) is 15.8. The molecule has 0 spiro atoms. The van der Waals surface area contributed by atoms with E-state index in [2.05, 4.69) is 12.2 Å². The van der Waals surface area contributed by atoms with Crippen LogP contribution in [0.1, 0.15) is 110 Å². The highest BCUT2D eigenvalue weighted by Gasteiger charge is 2.53. The lowest BCUT2D eigenvalue weighted by Gasteiger charge is -2.48. The van der Waals surface area contributed by atoms with Gasteiger partial charge < -0.3 is 89.9 Å². The van der Waals surface area contributed by atoms with Gasteiger partial charge in [0.15, 0.2) is 18.9 Å². The molecule has 0 aromatic rings. The second-order valence-electron chi connectivity index (χ2n) is 15.8. The van der Waals surface area contributed by atoms with E-state index in [0.29, 0.717) is 12.8 Å². The lowest BCUT2D eigenvalue weighted by molar-refractivity contribution is -0.379. The summed E-state index contributed by atoms with van der Waals surface area (Å²) in [5.41, 5.74) is 0. The molecule has 0 saturated carbocycles. The number of nitrogens with one attached hydrogen (secondary N) is 1. The lowest BCUT2D eigenvalue weighted by Crippen LogP contribution is -2.66. The van der Waals surface area contributed by atoms with E-state index in [1.54, 1.807) is 0 Å². The van der Waals surface area contributed by atoms with Gasteiger partial charge in [-0.3, -0.25) is 4.79 Å². The Bertz CT molecular complexity index is 1110. The zero-order chi connectivity index (χ0) is 42.8. The highest BCUT2D eigenvalue weighted by atomic mass is 16.8. The van der Waals surface area contributed by atoms with Gasteiger partial charge in [-0.15, -0.1) is 0 Å². The van der Waals surface area contributed by atoms with Crippen molar-refractivity contribution in [2.75, 3.05) is 26.4 Å².